The Hall–Kier alpha value is -3.03. The molecule has 0 fully saturated rings. The fourth-order valence-electron chi connectivity index (χ4n) is 3.09. The van der Waals surface area contributed by atoms with Crippen LogP contribution in [0.3, 0.4) is 0 Å². The molecule has 0 aliphatic carbocycles. The van der Waals surface area contributed by atoms with Crippen molar-refractivity contribution >= 4 is 17.7 Å². The lowest BCUT2D eigenvalue weighted by Gasteiger charge is -2.30. The molecule has 25 heavy (non-hydrogen) atoms. The lowest BCUT2D eigenvalue weighted by atomic mass is 9.75. The van der Waals surface area contributed by atoms with Crippen LogP contribution in [0.5, 0.6) is 17.2 Å². The summed E-state index contributed by atoms with van der Waals surface area (Å²) in [5.74, 6) is -4.74. The van der Waals surface area contributed by atoms with Crippen molar-refractivity contribution in [2.45, 2.75) is 19.8 Å². The van der Waals surface area contributed by atoms with E-state index in [-0.39, 0.29) is 28.5 Å². The Balaban J connectivity index is 2.77. The molecule has 1 aliphatic heterocycles. The van der Waals surface area contributed by atoms with Crippen molar-refractivity contribution in [3.05, 3.63) is 29.0 Å². The summed E-state index contributed by atoms with van der Waals surface area (Å²) in [4.78, 5) is 27.6. The second-order valence-electron chi connectivity index (χ2n) is 5.63. The highest BCUT2D eigenvalue weighted by Crippen LogP contribution is 2.45. The molecule has 8 nitrogen and oxygen atoms in total. The van der Waals surface area contributed by atoms with E-state index in [9.17, 15) is 24.9 Å². The molecule has 1 heterocycles. The van der Waals surface area contributed by atoms with Gasteiger partial charge in [-0.2, -0.15) is 0 Å². The lowest BCUT2D eigenvalue weighted by Crippen LogP contribution is -2.34. The first kappa shape index (κ1) is 18.3. The van der Waals surface area contributed by atoms with Crippen molar-refractivity contribution in [3.8, 4) is 17.2 Å². The van der Waals surface area contributed by atoms with E-state index in [1.54, 1.807) is 6.92 Å². The first-order valence-corrected chi connectivity index (χ1v) is 7.39. The average molecular weight is 349 g/mol. The summed E-state index contributed by atoms with van der Waals surface area (Å²) in [6, 6.07) is 2.82. The number of nitrogens with zero attached hydrogens (tertiary/aromatic N) is 1. The molecule has 0 saturated carbocycles. The van der Waals surface area contributed by atoms with E-state index in [1.807, 2.05) is 0 Å². The number of hydrogen-bond acceptors (Lipinski definition) is 6. The number of ether oxygens (including phenoxy) is 2. The number of carbonyl (C=O) groups is 2. The molecule has 0 aromatic heterocycles. The van der Waals surface area contributed by atoms with E-state index in [2.05, 4.69) is 4.99 Å². The third-order valence-electron chi connectivity index (χ3n) is 4.19. The summed E-state index contributed by atoms with van der Waals surface area (Å²) in [5.41, 5.74) is 0.752. The zero-order chi connectivity index (χ0) is 18.9. The van der Waals surface area contributed by atoms with Crippen LogP contribution in [-0.2, 0) is 9.59 Å². The van der Waals surface area contributed by atoms with Gasteiger partial charge in [-0.1, -0.05) is 0 Å². The fraction of sp³-hybridized carbons (Fsp3) is 0.353. The van der Waals surface area contributed by atoms with Gasteiger partial charge in [0.25, 0.3) is 0 Å². The SMILES string of the molecule is COc1cc(C2C(C(=O)O)=C(C)N=C(C)C2C(=O)O)cc(OC)c1O. The van der Waals surface area contributed by atoms with Crippen molar-refractivity contribution in [2.75, 3.05) is 14.2 Å². The number of aromatic hydroxyl groups is 1. The minimum Gasteiger partial charge on any atom is -0.502 e. The Morgan fingerprint density at radius 3 is 2.00 bits per heavy atom. The Bertz CT molecular complexity index is 769. The van der Waals surface area contributed by atoms with E-state index in [0.717, 1.165) is 0 Å². The Morgan fingerprint density at radius 2 is 1.60 bits per heavy atom. The number of aliphatic carboxylic acids is 2. The number of phenols is 1. The normalized spacial score (nSPS) is 20.1. The smallest absolute Gasteiger partial charge is 0.334 e. The molecule has 0 amide bonds. The largest absolute Gasteiger partial charge is 0.502 e. The third kappa shape index (κ3) is 3.15. The molecule has 0 saturated heterocycles. The Labute approximate surface area is 144 Å². The number of carboxylic acids is 2. The topological polar surface area (TPSA) is 126 Å². The second kappa shape index (κ2) is 6.84. The first-order chi connectivity index (χ1) is 11.7. The summed E-state index contributed by atoms with van der Waals surface area (Å²) in [6.07, 6.45) is 0. The van der Waals surface area contributed by atoms with Crippen molar-refractivity contribution in [1.29, 1.82) is 0 Å². The number of allylic oxidation sites excluding steroid dienone is 1. The Morgan fingerprint density at radius 1 is 1.08 bits per heavy atom. The first-order valence-electron chi connectivity index (χ1n) is 7.39. The molecule has 2 atom stereocenters. The van der Waals surface area contributed by atoms with Gasteiger partial charge >= 0.3 is 11.9 Å². The average Bonchev–Trinajstić information content (AvgIpc) is 2.53. The van der Waals surface area contributed by atoms with Gasteiger partial charge in [0.15, 0.2) is 11.5 Å². The van der Waals surface area contributed by atoms with Crippen LogP contribution in [0.1, 0.15) is 25.3 Å². The molecule has 0 spiro atoms. The van der Waals surface area contributed by atoms with Crippen LogP contribution in [0.25, 0.3) is 0 Å². The molecule has 134 valence electrons. The van der Waals surface area contributed by atoms with Crippen molar-refractivity contribution < 1.29 is 34.4 Å². The van der Waals surface area contributed by atoms with Crippen molar-refractivity contribution in [2.24, 2.45) is 10.9 Å². The number of hydrogen-bond donors (Lipinski definition) is 3. The van der Waals surface area contributed by atoms with Gasteiger partial charge in [-0.05, 0) is 31.5 Å². The van der Waals surface area contributed by atoms with E-state index in [4.69, 9.17) is 9.47 Å². The molecule has 0 radical (unpaired) electrons. The van der Waals surface area contributed by atoms with E-state index in [0.29, 0.717) is 11.3 Å². The van der Waals surface area contributed by atoms with E-state index < -0.39 is 23.8 Å². The molecule has 1 aromatic carbocycles. The van der Waals surface area contributed by atoms with Crippen LogP contribution < -0.4 is 9.47 Å². The molecule has 8 heteroatoms. The summed E-state index contributed by atoms with van der Waals surface area (Å²) in [5, 5.41) is 29.3. The van der Waals surface area contributed by atoms with Gasteiger partial charge in [-0.3, -0.25) is 9.79 Å². The standard InChI is InChI=1S/C17H19NO7/c1-7-12(16(20)21)14(13(17(22)23)8(2)18-7)9-5-10(24-3)15(19)11(6-9)25-4/h5-6,12,14,19H,1-4H3,(H,20,21)(H,22,23). The number of benzene rings is 1. The highest BCUT2D eigenvalue weighted by molar-refractivity contribution is 6.06. The van der Waals surface area contributed by atoms with Gasteiger partial charge in [0.1, 0.15) is 5.92 Å². The summed E-state index contributed by atoms with van der Waals surface area (Å²) in [7, 11) is 2.67. The second-order valence-corrected chi connectivity index (χ2v) is 5.63. The molecule has 2 unspecified atom stereocenters. The monoisotopic (exact) mass is 349 g/mol. The summed E-state index contributed by atoms with van der Waals surface area (Å²) >= 11 is 0. The van der Waals surface area contributed by atoms with E-state index in [1.165, 1.54) is 33.3 Å². The number of methoxy groups -OCH3 is 2. The van der Waals surface area contributed by atoms with Crippen LogP contribution in [0, 0.1) is 5.92 Å². The highest BCUT2D eigenvalue weighted by atomic mass is 16.5. The number of phenolic OH excluding ortho intramolecular Hbond substituents is 1. The maximum Gasteiger partial charge on any atom is 0.334 e. The van der Waals surface area contributed by atoms with Gasteiger partial charge in [0, 0.05) is 17.3 Å². The number of rotatable bonds is 5. The predicted octanol–water partition coefficient (Wildman–Crippen LogP) is 2.03. The molecular weight excluding hydrogens is 330 g/mol. The zero-order valence-electron chi connectivity index (χ0n) is 14.2. The van der Waals surface area contributed by atoms with Crippen molar-refractivity contribution in [1.82, 2.24) is 0 Å². The maximum absolute atomic E-state index is 11.8. The van der Waals surface area contributed by atoms with Gasteiger partial charge in [0.05, 0.1) is 19.8 Å². The minimum atomic E-state index is -1.25. The predicted molar refractivity (Wildman–Crippen MR) is 88.5 cm³/mol. The van der Waals surface area contributed by atoms with Crippen molar-refractivity contribution in [3.63, 3.8) is 0 Å². The molecular formula is C17H19NO7. The quantitative estimate of drug-likeness (QED) is 0.742. The van der Waals surface area contributed by atoms with Crippen LogP contribution in [-0.4, -0.2) is 47.2 Å². The molecule has 2 rings (SSSR count). The third-order valence-corrected chi connectivity index (χ3v) is 4.19. The van der Waals surface area contributed by atoms with Gasteiger partial charge < -0.3 is 24.8 Å². The van der Waals surface area contributed by atoms with Crippen LogP contribution in [0.15, 0.2) is 28.4 Å². The van der Waals surface area contributed by atoms with Crippen LogP contribution in [0.2, 0.25) is 0 Å². The maximum atomic E-state index is 11.8. The highest BCUT2D eigenvalue weighted by Gasteiger charge is 2.41. The van der Waals surface area contributed by atoms with E-state index >= 15 is 0 Å². The van der Waals surface area contributed by atoms with Gasteiger partial charge in [-0.15, -0.1) is 0 Å². The summed E-state index contributed by atoms with van der Waals surface area (Å²) in [6.45, 7) is 3.07. The molecule has 1 aliphatic rings. The molecule has 3 N–H and O–H groups in total. The fourth-order valence-corrected chi connectivity index (χ4v) is 3.09. The Kier molecular flexibility index (Phi) is 5.01. The zero-order valence-corrected chi connectivity index (χ0v) is 14.2. The number of aliphatic imine (C=N–C) groups is 1. The molecule has 0 bridgehead atoms. The van der Waals surface area contributed by atoms with Gasteiger partial charge in [0.2, 0.25) is 5.75 Å². The minimum absolute atomic E-state index is 0.0565. The van der Waals surface area contributed by atoms with Gasteiger partial charge in [-0.25, -0.2) is 4.79 Å². The summed E-state index contributed by atoms with van der Waals surface area (Å²) < 4.78 is 10.2. The van der Waals surface area contributed by atoms with Crippen LogP contribution in [0.4, 0.5) is 0 Å². The molecule has 1 aromatic rings. The number of carboxylic acid groups (broad SMARTS) is 2. The lowest BCUT2D eigenvalue weighted by molar-refractivity contribution is -0.140. The van der Waals surface area contributed by atoms with Crippen LogP contribution >= 0.6 is 0 Å².